The quantitative estimate of drug-likeness (QED) is 0.596. The Balaban J connectivity index is 1.57. The van der Waals surface area contributed by atoms with E-state index in [0.717, 1.165) is 42.0 Å². The van der Waals surface area contributed by atoms with Gasteiger partial charge in [0.15, 0.2) is 0 Å². The molecular weight excluding hydrogens is 378 g/mol. The van der Waals surface area contributed by atoms with Gasteiger partial charge in [0.1, 0.15) is 11.5 Å². The fourth-order valence-electron chi connectivity index (χ4n) is 3.71. The second-order valence-electron chi connectivity index (χ2n) is 6.73. The summed E-state index contributed by atoms with van der Waals surface area (Å²) in [6.07, 6.45) is 2.13. The van der Waals surface area contributed by atoms with Gasteiger partial charge in [0.05, 0.1) is 25.8 Å². The maximum Gasteiger partial charge on any atom is 0.241 e. The fraction of sp³-hybridized carbons (Fsp3) is 0.333. The minimum Gasteiger partial charge on any atom is -0.497 e. The molecule has 7 heteroatoms. The predicted molar refractivity (Wildman–Crippen MR) is 107 cm³/mol. The fourth-order valence-corrected chi connectivity index (χ4v) is 3.93. The van der Waals surface area contributed by atoms with Gasteiger partial charge in [-0.1, -0.05) is 28.9 Å². The standard InChI is InChI=1S/C21H22ClN3O3/c1-26-14-9-10-19(27-2)16(12-14)18-8-5-11-25(18)13-20-23-21(24-28-20)15-6-3-4-7-17(15)22/h3-4,6-7,9-10,12,18H,5,8,11,13H2,1-2H3/t18-/m0/s1. The molecule has 1 atom stereocenters. The SMILES string of the molecule is COc1ccc(OC)c([C@@H]2CCCN2Cc2nc(-c3ccccc3Cl)no2)c1. The number of hydrogen-bond donors (Lipinski definition) is 0. The zero-order chi connectivity index (χ0) is 19.5. The average molecular weight is 400 g/mol. The van der Waals surface area contributed by atoms with E-state index in [2.05, 4.69) is 15.0 Å². The molecule has 0 spiro atoms. The van der Waals surface area contributed by atoms with Gasteiger partial charge < -0.3 is 14.0 Å². The predicted octanol–water partition coefficient (Wildman–Crippen LogP) is 4.74. The molecule has 6 nitrogen and oxygen atoms in total. The first-order valence-corrected chi connectivity index (χ1v) is 9.61. The molecule has 146 valence electrons. The summed E-state index contributed by atoms with van der Waals surface area (Å²) in [7, 11) is 3.37. The summed E-state index contributed by atoms with van der Waals surface area (Å²) in [6.45, 7) is 1.53. The van der Waals surface area contributed by atoms with Crippen LogP contribution in [0, 0.1) is 0 Å². The molecule has 1 aliphatic heterocycles. The minimum atomic E-state index is 0.209. The van der Waals surface area contributed by atoms with E-state index in [0.29, 0.717) is 23.3 Å². The van der Waals surface area contributed by atoms with Gasteiger partial charge in [-0.15, -0.1) is 0 Å². The van der Waals surface area contributed by atoms with Crippen molar-refractivity contribution in [1.82, 2.24) is 15.0 Å². The molecule has 0 aliphatic carbocycles. The van der Waals surface area contributed by atoms with Crippen molar-refractivity contribution in [3.63, 3.8) is 0 Å². The number of rotatable bonds is 6. The molecule has 0 amide bonds. The van der Waals surface area contributed by atoms with E-state index >= 15 is 0 Å². The van der Waals surface area contributed by atoms with E-state index in [4.69, 9.17) is 25.6 Å². The molecule has 0 bridgehead atoms. The van der Waals surface area contributed by atoms with Crippen LogP contribution in [-0.2, 0) is 6.54 Å². The average Bonchev–Trinajstić information content (AvgIpc) is 3.38. The lowest BCUT2D eigenvalue weighted by molar-refractivity contribution is 0.209. The van der Waals surface area contributed by atoms with Gasteiger partial charge in [-0.25, -0.2) is 0 Å². The van der Waals surface area contributed by atoms with Crippen LogP contribution < -0.4 is 9.47 Å². The zero-order valence-electron chi connectivity index (χ0n) is 15.9. The van der Waals surface area contributed by atoms with Crippen molar-refractivity contribution < 1.29 is 14.0 Å². The van der Waals surface area contributed by atoms with Crippen molar-refractivity contribution in [3.8, 4) is 22.9 Å². The Kier molecular flexibility index (Phi) is 5.50. The number of ether oxygens (including phenoxy) is 2. The molecule has 28 heavy (non-hydrogen) atoms. The van der Waals surface area contributed by atoms with Gasteiger partial charge in [-0.3, -0.25) is 4.90 Å². The molecule has 0 unspecified atom stereocenters. The van der Waals surface area contributed by atoms with Crippen LogP contribution in [0.15, 0.2) is 47.0 Å². The van der Waals surface area contributed by atoms with Crippen molar-refractivity contribution in [1.29, 1.82) is 0 Å². The molecule has 3 aromatic rings. The summed E-state index contributed by atoms with van der Waals surface area (Å²) < 4.78 is 16.5. The van der Waals surface area contributed by atoms with Crippen LogP contribution >= 0.6 is 11.6 Å². The number of halogens is 1. The first-order chi connectivity index (χ1) is 13.7. The van der Waals surface area contributed by atoms with Crippen molar-refractivity contribution in [3.05, 3.63) is 58.9 Å². The molecule has 1 fully saturated rings. The summed E-state index contributed by atoms with van der Waals surface area (Å²) in [5.41, 5.74) is 1.89. The Bertz CT molecular complexity index is 960. The van der Waals surface area contributed by atoms with E-state index in [-0.39, 0.29) is 6.04 Å². The lowest BCUT2D eigenvalue weighted by Gasteiger charge is -2.25. The van der Waals surface area contributed by atoms with Crippen molar-refractivity contribution >= 4 is 11.6 Å². The number of nitrogens with zero attached hydrogens (tertiary/aromatic N) is 3. The molecule has 4 rings (SSSR count). The van der Waals surface area contributed by atoms with Gasteiger partial charge in [-0.2, -0.15) is 4.98 Å². The van der Waals surface area contributed by atoms with Crippen LogP contribution in [0.25, 0.3) is 11.4 Å². The molecule has 0 radical (unpaired) electrons. The molecule has 1 aliphatic rings. The number of benzene rings is 2. The highest BCUT2D eigenvalue weighted by Gasteiger charge is 2.30. The van der Waals surface area contributed by atoms with Crippen molar-refractivity contribution in [2.75, 3.05) is 20.8 Å². The van der Waals surface area contributed by atoms with Crippen LogP contribution in [0.3, 0.4) is 0 Å². The van der Waals surface area contributed by atoms with Crippen LogP contribution in [-0.4, -0.2) is 35.8 Å². The topological polar surface area (TPSA) is 60.6 Å². The lowest BCUT2D eigenvalue weighted by atomic mass is 10.0. The Labute approximate surface area is 169 Å². The molecular formula is C21H22ClN3O3. The van der Waals surface area contributed by atoms with Gasteiger partial charge in [0, 0.05) is 17.2 Å². The normalized spacial score (nSPS) is 17.0. The van der Waals surface area contributed by atoms with Crippen LogP contribution in [0.1, 0.15) is 30.3 Å². The van der Waals surface area contributed by atoms with Gasteiger partial charge >= 0.3 is 0 Å². The van der Waals surface area contributed by atoms with E-state index in [9.17, 15) is 0 Å². The number of aromatic nitrogens is 2. The van der Waals surface area contributed by atoms with Crippen LogP contribution in [0.4, 0.5) is 0 Å². The van der Waals surface area contributed by atoms with E-state index in [1.54, 1.807) is 14.2 Å². The van der Waals surface area contributed by atoms with E-state index in [1.165, 1.54) is 0 Å². The lowest BCUT2D eigenvalue weighted by Crippen LogP contribution is -2.23. The number of methoxy groups -OCH3 is 2. The molecule has 0 N–H and O–H groups in total. The molecule has 2 aromatic carbocycles. The number of likely N-dealkylation sites (tertiary alicyclic amines) is 1. The second-order valence-corrected chi connectivity index (χ2v) is 7.14. The Morgan fingerprint density at radius 2 is 2.04 bits per heavy atom. The first-order valence-electron chi connectivity index (χ1n) is 9.23. The molecule has 1 aromatic heterocycles. The Morgan fingerprint density at radius 1 is 1.18 bits per heavy atom. The largest absolute Gasteiger partial charge is 0.497 e. The summed E-state index contributed by atoms with van der Waals surface area (Å²) >= 11 is 6.25. The Hall–Kier alpha value is -2.57. The summed E-state index contributed by atoms with van der Waals surface area (Å²) in [6, 6.07) is 13.6. The van der Waals surface area contributed by atoms with Crippen molar-refractivity contribution in [2.24, 2.45) is 0 Å². The maximum absolute atomic E-state index is 6.25. The summed E-state index contributed by atoms with van der Waals surface area (Å²) in [5, 5.41) is 4.71. The second kappa shape index (κ2) is 8.20. The maximum atomic E-state index is 6.25. The van der Waals surface area contributed by atoms with Gasteiger partial charge in [-0.05, 0) is 49.7 Å². The van der Waals surface area contributed by atoms with E-state index in [1.807, 2.05) is 42.5 Å². The molecule has 1 saturated heterocycles. The Morgan fingerprint density at radius 3 is 2.82 bits per heavy atom. The highest BCUT2D eigenvalue weighted by molar-refractivity contribution is 6.33. The molecule has 0 saturated carbocycles. The van der Waals surface area contributed by atoms with Crippen LogP contribution in [0.2, 0.25) is 5.02 Å². The third-order valence-corrected chi connectivity index (χ3v) is 5.41. The zero-order valence-corrected chi connectivity index (χ0v) is 16.6. The van der Waals surface area contributed by atoms with Crippen LogP contribution in [0.5, 0.6) is 11.5 Å². The third kappa shape index (κ3) is 3.70. The molecule has 2 heterocycles. The third-order valence-electron chi connectivity index (χ3n) is 5.08. The monoisotopic (exact) mass is 399 g/mol. The minimum absolute atomic E-state index is 0.209. The summed E-state index contributed by atoms with van der Waals surface area (Å²) in [5.74, 6) is 2.76. The highest BCUT2D eigenvalue weighted by atomic mass is 35.5. The van der Waals surface area contributed by atoms with Crippen molar-refractivity contribution in [2.45, 2.75) is 25.4 Å². The van der Waals surface area contributed by atoms with E-state index < -0.39 is 0 Å². The first kappa shape index (κ1) is 18.8. The number of hydrogen-bond acceptors (Lipinski definition) is 6. The van der Waals surface area contributed by atoms with Gasteiger partial charge in [0.2, 0.25) is 11.7 Å². The summed E-state index contributed by atoms with van der Waals surface area (Å²) in [4.78, 5) is 6.88. The smallest absolute Gasteiger partial charge is 0.241 e. The highest BCUT2D eigenvalue weighted by Crippen LogP contribution is 2.39. The van der Waals surface area contributed by atoms with Gasteiger partial charge in [0.25, 0.3) is 0 Å².